The molecule has 0 saturated carbocycles. The van der Waals surface area contributed by atoms with Crippen molar-refractivity contribution >= 4 is 17.6 Å². The number of nitrogens with zero attached hydrogens (tertiary/aromatic N) is 4. The Morgan fingerprint density at radius 1 is 1.44 bits per heavy atom. The first-order chi connectivity index (χ1) is 8.41. The van der Waals surface area contributed by atoms with Crippen molar-refractivity contribution in [2.45, 2.75) is 26.3 Å². The zero-order chi connectivity index (χ0) is 13.7. The average Bonchev–Trinajstić information content (AvgIpc) is 2.28. The summed E-state index contributed by atoms with van der Waals surface area (Å²) in [6, 6.07) is 2.18. The molecule has 0 radical (unpaired) electrons. The van der Waals surface area contributed by atoms with Crippen LogP contribution < -0.4 is 15.5 Å². The third-order valence-corrected chi connectivity index (χ3v) is 2.57. The van der Waals surface area contributed by atoms with Crippen molar-refractivity contribution in [1.82, 2.24) is 9.97 Å². The minimum atomic E-state index is 0.197. The highest BCUT2D eigenvalue weighted by molar-refractivity contribution is 5.77. The Morgan fingerprint density at radius 3 is 2.61 bits per heavy atom. The highest BCUT2D eigenvalue weighted by Gasteiger charge is 2.13. The number of nitrogens with two attached hydrogens (primary N) is 1. The minimum Gasteiger partial charge on any atom is -0.388 e. The first-order valence-corrected chi connectivity index (χ1v) is 6.01. The predicted octanol–water partition coefficient (Wildman–Crippen LogP) is 1.08. The van der Waals surface area contributed by atoms with Crippen LogP contribution in [-0.2, 0) is 0 Å². The fraction of sp³-hybridized carbons (Fsp3) is 0.583. The summed E-state index contributed by atoms with van der Waals surface area (Å²) in [5, 5.41) is 7.31. The van der Waals surface area contributed by atoms with Crippen molar-refractivity contribution in [3.8, 4) is 0 Å². The Kier molecular flexibility index (Phi) is 4.88. The van der Waals surface area contributed by atoms with Gasteiger partial charge in [-0.2, -0.15) is 4.98 Å². The van der Waals surface area contributed by atoms with Gasteiger partial charge in [-0.1, -0.05) is 0 Å². The van der Waals surface area contributed by atoms with Crippen LogP contribution in [-0.4, -0.2) is 42.5 Å². The highest BCUT2D eigenvalue weighted by atomic mass is 15.3. The Labute approximate surface area is 108 Å². The molecule has 1 heterocycles. The summed E-state index contributed by atoms with van der Waals surface area (Å²) < 4.78 is 0. The number of anilines is 2. The SMILES string of the molecule is CC(C)N(CCC(=N)N)c1ccnc(N(C)C)n1. The van der Waals surface area contributed by atoms with Crippen molar-refractivity contribution in [3.05, 3.63) is 12.3 Å². The van der Waals surface area contributed by atoms with E-state index in [1.54, 1.807) is 6.20 Å². The van der Waals surface area contributed by atoms with E-state index >= 15 is 0 Å². The van der Waals surface area contributed by atoms with Crippen LogP contribution in [0.1, 0.15) is 20.3 Å². The second kappa shape index (κ2) is 6.18. The maximum Gasteiger partial charge on any atom is 0.226 e. The maximum atomic E-state index is 7.31. The van der Waals surface area contributed by atoms with Gasteiger partial charge in [0.05, 0.1) is 5.84 Å². The number of hydrogen-bond acceptors (Lipinski definition) is 5. The largest absolute Gasteiger partial charge is 0.388 e. The van der Waals surface area contributed by atoms with E-state index in [9.17, 15) is 0 Å². The number of amidine groups is 1. The van der Waals surface area contributed by atoms with E-state index in [0.717, 1.165) is 5.82 Å². The Hall–Kier alpha value is -1.85. The van der Waals surface area contributed by atoms with Gasteiger partial charge >= 0.3 is 0 Å². The fourth-order valence-electron chi connectivity index (χ4n) is 1.59. The molecule has 6 nitrogen and oxygen atoms in total. The molecule has 1 rings (SSSR count). The van der Waals surface area contributed by atoms with E-state index in [-0.39, 0.29) is 5.84 Å². The van der Waals surface area contributed by atoms with E-state index in [1.807, 2.05) is 25.1 Å². The second-order valence-corrected chi connectivity index (χ2v) is 4.67. The van der Waals surface area contributed by atoms with Crippen LogP contribution in [0.15, 0.2) is 12.3 Å². The summed E-state index contributed by atoms with van der Waals surface area (Å²) in [6.45, 7) is 4.88. The van der Waals surface area contributed by atoms with E-state index in [0.29, 0.717) is 25.0 Å². The van der Waals surface area contributed by atoms with Crippen LogP contribution in [0.3, 0.4) is 0 Å². The molecule has 0 atom stereocenters. The molecule has 0 bridgehead atoms. The molecule has 0 unspecified atom stereocenters. The fourth-order valence-corrected chi connectivity index (χ4v) is 1.59. The van der Waals surface area contributed by atoms with Crippen molar-refractivity contribution in [1.29, 1.82) is 5.41 Å². The van der Waals surface area contributed by atoms with Crippen molar-refractivity contribution in [3.63, 3.8) is 0 Å². The summed E-state index contributed by atoms with van der Waals surface area (Å²) in [5.74, 6) is 1.74. The molecule has 0 amide bonds. The monoisotopic (exact) mass is 250 g/mol. The molecule has 0 spiro atoms. The summed E-state index contributed by atoms with van der Waals surface area (Å²) in [5.41, 5.74) is 5.41. The Bertz CT molecular complexity index is 401. The molecule has 0 saturated heterocycles. The molecule has 6 heteroatoms. The Balaban J connectivity index is 2.91. The smallest absolute Gasteiger partial charge is 0.226 e. The lowest BCUT2D eigenvalue weighted by molar-refractivity contribution is 0.677. The molecule has 1 aromatic heterocycles. The van der Waals surface area contributed by atoms with E-state index in [2.05, 4.69) is 28.7 Å². The maximum absolute atomic E-state index is 7.31. The molecular formula is C12H22N6. The molecule has 0 aliphatic rings. The standard InChI is InChI=1S/C12H22N6/c1-9(2)18(8-6-10(13)14)11-5-7-15-12(16-11)17(3)4/h5,7,9H,6,8H2,1-4H3,(H3,13,14). The van der Waals surface area contributed by atoms with E-state index < -0.39 is 0 Å². The van der Waals surface area contributed by atoms with Crippen LogP contribution in [0.25, 0.3) is 0 Å². The first-order valence-electron chi connectivity index (χ1n) is 6.01. The molecule has 0 aromatic carbocycles. The lowest BCUT2D eigenvalue weighted by atomic mass is 10.2. The number of aromatic nitrogens is 2. The molecule has 0 aliphatic carbocycles. The molecular weight excluding hydrogens is 228 g/mol. The number of hydrogen-bond donors (Lipinski definition) is 2. The minimum absolute atomic E-state index is 0.197. The van der Waals surface area contributed by atoms with Gasteiger partial charge in [0.1, 0.15) is 5.82 Å². The molecule has 18 heavy (non-hydrogen) atoms. The number of nitrogens with one attached hydrogen (secondary N) is 1. The first kappa shape index (κ1) is 14.2. The molecule has 1 aromatic rings. The van der Waals surface area contributed by atoms with Gasteiger partial charge in [0.2, 0.25) is 5.95 Å². The summed E-state index contributed by atoms with van der Waals surface area (Å²) in [4.78, 5) is 12.7. The van der Waals surface area contributed by atoms with Gasteiger partial charge in [-0.25, -0.2) is 4.98 Å². The molecule has 0 aliphatic heterocycles. The quantitative estimate of drug-likeness (QED) is 0.583. The normalized spacial score (nSPS) is 10.5. The van der Waals surface area contributed by atoms with Gasteiger partial charge in [-0.15, -0.1) is 0 Å². The van der Waals surface area contributed by atoms with Gasteiger partial charge < -0.3 is 15.5 Å². The molecule has 3 N–H and O–H groups in total. The summed E-state index contributed by atoms with van der Waals surface area (Å²) in [7, 11) is 3.82. The van der Waals surface area contributed by atoms with Crippen molar-refractivity contribution in [2.75, 3.05) is 30.4 Å². The summed E-state index contributed by atoms with van der Waals surface area (Å²) >= 11 is 0. The summed E-state index contributed by atoms with van der Waals surface area (Å²) in [6.07, 6.45) is 2.29. The van der Waals surface area contributed by atoms with Crippen LogP contribution in [0.5, 0.6) is 0 Å². The van der Waals surface area contributed by atoms with Gasteiger partial charge in [0, 0.05) is 39.3 Å². The zero-order valence-electron chi connectivity index (χ0n) is 11.5. The third-order valence-electron chi connectivity index (χ3n) is 2.57. The Morgan fingerprint density at radius 2 is 2.11 bits per heavy atom. The van der Waals surface area contributed by atoms with Crippen LogP contribution in [0.4, 0.5) is 11.8 Å². The third kappa shape index (κ3) is 3.87. The zero-order valence-corrected chi connectivity index (χ0v) is 11.5. The van der Waals surface area contributed by atoms with Gasteiger partial charge in [-0.05, 0) is 19.9 Å². The van der Waals surface area contributed by atoms with Crippen LogP contribution in [0.2, 0.25) is 0 Å². The van der Waals surface area contributed by atoms with Gasteiger partial charge in [0.15, 0.2) is 0 Å². The number of rotatable bonds is 6. The van der Waals surface area contributed by atoms with Gasteiger partial charge in [0.25, 0.3) is 0 Å². The second-order valence-electron chi connectivity index (χ2n) is 4.67. The molecule has 100 valence electrons. The topological polar surface area (TPSA) is 82.1 Å². The molecule has 0 fully saturated rings. The van der Waals surface area contributed by atoms with Crippen molar-refractivity contribution < 1.29 is 0 Å². The van der Waals surface area contributed by atoms with Crippen LogP contribution >= 0.6 is 0 Å². The van der Waals surface area contributed by atoms with Crippen LogP contribution in [0, 0.1) is 5.41 Å². The highest BCUT2D eigenvalue weighted by Crippen LogP contribution is 2.16. The van der Waals surface area contributed by atoms with Crippen molar-refractivity contribution in [2.24, 2.45) is 5.73 Å². The van der Waals surface area contributed by atoms with E-state index in [1.165, 1.54) is 0 Å². The van der Waals surface area contributed by atoms with Gasteiger partial charge in [-0.3, -0.25) is 5.41 Å². The van der Waals surface area contributed by atoms with E-state index in [4.69, 9.17) is 11.1 Å². The predicted molar refractivity (Wildman–Crippen MR) is 75.4 cm³/mol. The lowest BCUT2D eigenvalue weighted by Crippen LogP contribution is -2.34. The average molecular weight is 250 g/mol. The lowest BCUT2D eigenvalue weighted by Gasteiger charge is -2.28.